The molecule has 0 aromatic rings. The molecule has 0 aliphatic carbocycles. The van der Waals surface area contributed by atoms with Crippen molar-refractivity contribution >= 4 is 11.9 Å². The average molecular weight is 236 g/mol. The minimum Gasteiger partial charge on any atom is -0.545 e. The van der Waals surface area contributed by atoms with E-state index in [2.05, 4.69) is 13.8 Å². The molecule has 1 radical (unpaired) electrons. The number of carbonyl (C=O) groups excluding carboxylic acids is 2. The second-order valence-corrected chi connectivity index (χ2v) is 1.97. The molecule has 0 N–H and O–H groups in total. The van der Waals surface area contributed by atoms with Gasteiger partial charge in [0.2, 0.25) is 0 Å². The molecule has 0 spiro atoms. The molecule has 0 rings (SSSR count). The number of carboxylic acids is 2. The molecule has 0 saturated heterocycles. The Labute approximate surface area is 88.1 Å². The van der Waals surface area contributed by atoms with Gasteiger partial charge in [0.05, 0.1) is 11.9 Å². The van der Waals surface area contributed by atoms with Crippen molar-refractivity contribution in [2.24, 2.45) is 0 Å². The van der Waals surface area contributed by atoms with E-state index in [4.69, 9.17) is 0 Å². The van der Waals surface area contributed by atoms with E-state index in [0.29, 0.717) is 12.2 Å². The second kappa shape index (κ2) is 13.8. The normalized spacial score (nSPS) is 8.15. The summed E-state index contributed by atoms with van der Waals surface area (Å²) in [6, 6.07) is 0. The van der Waals surface area contributed by atoms with E-state index in [1.54, 1.807) is 0 Å². The van der Waals surface area contributed by atoms with Crippen molar-refractivity contribution in [1.29, 1.82) is 0 Å². The minimum atomic E-state index is -1.55. The number of unbranched alkanes of at least 4 members (excludes halogenated alkanes) is 1. The van der Waals surface area contributed by atoms with Crippen LogP contribution in [0.3, 0.4) is 0 Å². The van der Waals surface area contributed by atoms with Gasteiger partial charge < -0.3 is 19.8 Å². The van der Waals surface area contributed by atoms with E-state index < -0.39 is 11.9 Å². The first-order valence-electron chi connectivity index (χ1n) is 3.64. The first-order valence-corrected chi connectivity index (χ1v) is 3.64. The van der Waals surface area contributed by atoms with Crippen LogP contribution >= 0.6 is 0 Å². The van der Waals surface area contributed by atoms with Gasteiger partial charge in [-0.15, -0.1) is 0 Å². The Morgan fingerprint density at radius 1 is 1.00 bits per heavy atom. The molecule has 0 aliphatic rings. The number of rotatable bonds is 3. The molecule has 0 saturated carbocycles. The summed E-state index contributed by atoms with van der Waals surface area (Å²) in [4.78, 5) is 18.8. The quantitative estimate of drug-likeness (QED) is 0.457. The third kappa shape index (κ3) is 35.1. The molecule has 0 aromatic heterocycles. The number of carbonyl (C=O) groups is 2. The number of aliphatic carboxylic acids is 2. The molecule has 0 bridgehead atoms. The van der Waals surface area contributed by atoms with Crippen LogP contribution < -0.4 is 10.2 Å². The molecule has 0 aromatic carbocycles. The number of carboxylic acid groups (broad SMARTS) is 2. The van der Waals surface area contributed by atoms with Crippen LogP contribution in [0.15, 0.2) is 12.2 Å². The summed E-state index contributed by atoms with van der Waals surface area (Å²) in [5, 5.41) is 18.8. The first-order chi connectivity index (χ1) is 5.54. The van der Waals surface area contributed by atoms with E-state index in [1.807, 2.05) is 0 Å². The average Bonchev–Trinajstić information content (AvgIpc) is 2.01. The van der Waals surface area contributed by atoms with Gasteiger partial charge in [-0.2, -0.15) is 0 Å². The van der Waals surface area contributed by atoms with Crippen LogP contribution in [0, 0.1) is 0 Å². The summed E-state index contributed by atoms with van der Waals surface area (Å²) in [7, 11) is 0. The van der Waals surface area contributed by atoms with Crippen LogP contribution in [-0.4, -0.2) is 11.9 Å². The van der Waals surface area contributed by atoms with Gasteiger partial charge in [-0.3, -0.25) is 0 Å². The number of hydrogen-bond donors (Lipinski definition) is 0. The summed E-state index contributed by atoms with van der Waals surface area (Å²) >= 11 is 0. The SMILES string of the molecule is CCCC.O=C([O-])/C=C/C(=O)[O-].[Cu+2]. The number of hydrogen-bond acceptors (Lipinski definition) is 4. The summed E-state index contributed by atoms with van der Waals surface area (Å²) in [5.74, 6) is -3.09. The summed E-state index contributed by atoms with van der Waals surface area (Å²) in [6.07, 6.45) is 3.41. The largest absolute Gasteiger partial charge is 2.00 e. The van der Waals surface area contributed by atoms with Crippen molar-refractivity contribution in [2.45, 2.75) is 26.7 Å². The van der Waals surface area contributed by atoms with Gasteiger partial charge in [-0.25, -0.2) is 0 Å². The van der Waals surface area contributed by atoms with Crippen molar-refractivity contribution in [1.82, 2.24) is 0 Å². The predicted octanol–water partition coefficient (Wildman–Crippen LogP) is -1.15. The maximum Gasteiger partial charge on any atom is 2.00 e. The Bertz CT molecular complexity index is 148. The fourth-order valence-electron chi connectivity index (χ4n) is 0.136. The van der Waals surface area contributed by atoms with Gasteiger partial charge in [0.25, 0.3) is 0 Å². The second-order valence-electron chi connectivity index (χ2n) is 1.97. The van der Waals surface area contributed by atoms with Gasteiger partial charge in [0.1, 0.15) is 0 Å². The first kappa shape index (κ1) is 18.1. The molecule has 0 unspecified atom stereocenters. The third-order valence-electron chi connectivity index (χ3n) is 0.855. The fraction of sp³-hybridized carbons (Fsp3) is 0.500. The van der Waals surface area contributed by atoms with Gasteiger partial charge in [-0.1, -0.05) is 26.7 Å². The minimum absolute atomic E-state index is 0. The van der Waals surface area contributed by atoms with Crippen molar-refractivity contribution in [3.8, 4) is 0 Å². The van der Waals surface area contributed by atoms with Gasteiger partial charge in [-0.05, 0) is 12.2 Å². The smallest absolute Gasteiger partial charge is 0.545 e. The monoisotopic (exact) mass is 235 g/mol. The zero-order valence-electron chi connectivity index (χ0n) is 7.50. The maximum absolute atomic E-state index is 9.41. The van der Waals surface area contributed by atoms with Crippen molar-refractivity contribution < 1.29 is 36.9 Å². The zero-order valence-corrected chi connectivity index (χ0v) is 8.45. The van der Waals surface area contributed by atoms with Crippen LogP contribution in [0.25, 0.3) is 0 Å². The van der Waals surface area contributed by atoms with Crippen LogP contribution in [0.4, 0.5) is 0 Å². The summed E-state index contributed by atoms with van der Waals surface area (Å²) in [6.45, 7) is 4.36. The molecular formula is C8H12CuO4. The zero-order chi connectivity index (χ0) is 9.98. The Kier molecular flexibility index (Phi) is 19.1. The molecular weight excluding hydrogens is 224 g/mol. The van der Waals surface area contributed by atoms with Crippen molar-refractivity contribution in [3.05, 3.63) is 12.2 Å². The van der Waals surface area contributed by atoms with E-state index in [1.165, 1.54) is 12.8 Å². The van der Waals surface area contributed by atoms with Crippen LogP contribution in [-0.2, 0) is 26.7 Å². The molecule has 0 fully saturated rings. The predicted molar refractivity (Wildman–Crippen MR) is 39.7 cm³/mol. The van der Waals surface area contributed by atoms with Gasteiger partial charge >= 0.3 is 17.1 Å². The van der Waals surface area contributed by atoms with Gasteiger partial charge in [0.15, 0.2) is 0 Å². The van der Waals surface area contributed by atoms with Crippen LogP contribution in [0.5, 0.6) is 0 Å². The molecule has 0 atom stereocenters. The summed E-state index contributed by atoms with van der Waals surface area (Å²) in [5.41, 5.74) is 0. The Balaban J connectivity index is -0.000000173. The molecule has 4 nitrogen and oxygen atoms in total. The molecule has 79 valence electrons. The molecule has 0 heterocycles. The van der Waals surface area contributed by atoms with E-state index >= 15 is 0 Å². The molecule has 5 heteroatoms. The van der Waals surface area contributed by atoms with E-state index in [9.17, 15) is 19.8 Å². The van der Waals surface area contributed by atoms with E-state index in [0.717, 1.165) is 0 Å². The molecule has 0 amide bonds. The van der Waals surface area contributed by atoms with Crippen LogP contribution in [0.1, 0.15) is 26.7 Å². The van der Waals surface area contributed by atoms with Crippen molar-refractivity contribution in [2.75, 3.05) is 0 Å². The topological polar surface area (TPSA) is 80.3 Å². The maximum atomic E-state index is 9.41. The molecule has 0 aliphatic heterocycles. The van der Waals surface area contributed by atoms with Crippen molar-refractivity contribution in [3.63, 3.8) is 0 Å². The fourth-order valence-corrected chi connectivity index (χ4v) is 0.136. The van der Waals surface area contributed by atoms with E-state index in [-0.39, 0.29) is 17.1 Å². The molecule has 13 heavy (non-hydrogen) atoms. The summed E-state index contributed by atoms with van der Waals surface area (Å²) < 4.78 is 0. The Morgan fingerprint density at radius 3 is 1.31 bits per heavy atom. The third-order valence-corrected chi connectivity index (χ3v) is 0.855. The standard InChI is InChI=1S/C4H4O4.C4H10.Cu/c5-3(6)1-2-4(7)8;1-3-4-2;/h1-2H,(H,5,6)(H,7,8);3-4H2,1-2H3;/q;;+2/p-2/b2-1+;;. The Hall–Kier alpha value is -0.801. The van der Waals surface area contributed by atoms with Crippen LogP contribution in [0.2, 0.25) is 0 Å². The Morgan fingerprint density at radius 2 is 1.23 bits per heavy atom. The van der Waals surface area contributed by atoms with Gasteiger partial charge in [0, 0.05) is 0 Å².